The van der Waals surface area contributed by atoms with E-state index in [2.05, 4.69) is 15.9 Å². The molecule has 0 atom stereocenters. The second kappa shape index (κ2) is 4.37. The Morgan fingerprint density at radius 3 is 2.23 bits per heavy atom. The van der Waals surface area contributed by atoms with Crippen LogP contribution in [0.3, 0.4) is 0 Å². The van der Waals surface area contributed by atoms with Gasteiger partial charge in [-0.1, -0.05) is 15.9 Å². The van der Waals surface area contributed by atoms with Crippen molar-refractivity contribution in [1.29, 1.82) is 0 Å². The molecule has 0 heterocycles. The molecule has 70 valence electrons. The largest absolute Gasteiger partial charge is 0.497 e. The molecule has 4 heteroatoms. The first-order valence-corrected chi connectivity index (χ1v) is 4.40. The van der Waals surface area contributed by atoms with E-state index in [4.69, 9.17) is 4.74 Å². The maximum Gasteiger partial charge on any atom is 0.137 e. The van der Waals surface area contributed by atoms with E-state index in [1.165, 1.54) is 18.2 Å². The van der Waals surface area contributed by atoms with Gasteiger partial charge < -0.3 is 4.74 Å². The summed E-state index contributed by atoms with van der Waals surface area (Å²) in [6, 6.07) is 2.26. The van der Waals surface area contributed by atoms with Crippen LogP contribution in [0.15, 0.2) is 17.1 Å². The zero-order chi connectivity index (χ0) is 9.84. The van der Waals surface area contributed by atoms with E-state index in [1.54, 1.807) is 0 Å². The van der Waals surface area contributed by atoms with E-state index < -0.39 is 11.6 Å². The van der Waals surface area contributed by atoms with Gasteiger partial charge in [0.1, 0.15) is 17.4 Å². The van der Waals surface area contributed by atoms with Crippen LogP contribution in [-0.4, -0.2) is 7.11 Å². The minimum atomic E-state index is -0.646. The number of halogens is 3. The molecule has 0 radical (unpaired) electrons. The molecule has 0 N–H and O–H groups in total. The van der Waals surface area contributed by atoms with Gasteiger partial charge in [0.2, 0.25) is 0 Å². The molecule has 0 aliphatic heterocycles. The van der Waals surface area contributed by atoms with Gasteiger partial charge in [-0.3, -0.25) is 0 Å². The normalized spacial score (nSPS) is 10.8. The number of hydrogen-bond donors (Lipinski definition) is 0. The van der Waals surface area contributed by atoms with Gasteiger partial charge in [-0.2, -0.15) is 0 Å². The molecular weight excluding hydrogens is 242 g/mol. The van der Waals surface area contributed by atoms with Crippen molar-refractivity contribution in [3.8, 4) is 5.75 Å². The van der Waals surface area contributed by atoms with Crippen LogP contribution >= 0.6 is 15.9 Å². The van der Waals surface area contributed by atoms with E-state index in [0.717, 1.165) is 12.1 Å². The highest BCUT2D eigenvalue weighted by Crippen LogP contribution is 2.21. The second-order valence-electron chi connectivity index (χ2n) is 2.30. The Morgan fingerprint density at radius 2 is 1.85 bits per heavy atom. The zero-order valence-electron chi connectivity index (χ0n) is 6.85. The Bertz CT molecular complexity index is 313. The van der Waals surface area contributed by atoms with E-state index in [0.29, 0.717) is 0 Å². The highest BCUT2D eigenvalue weighted by atomic mass is 79.9. The molecule has 13 heavy (non-hydrogen) atoms. The fourth-order valence-corrected chi connectivity index (χ4v) is 1.17. The predicted octanol–water partition coefficient (Wildman–Crippen LogP) is 3.34. The summed E-state index contributed by atoms with van der Waals surface area (Å²) in [5.74, 6) is -1.12. The van der Waals surface area contributed by atoms with Crippen molar-refractivity contribution < 1.29 is 13.5 Å². The molecule has 1 aromatic carbocycles. The van der Waals surface area contributed by atoms with Crippen LogP contribution in [0.2, 0.25) is 0 Å². The van der Waals surface area contributed by atoms with E-state index in [-0.39, 0.29) is 11.3 Å². The Hall–Kier alpha value is -0.900. The van der Waals surface area contributed by atoms with Crippen LogP contribution < -0.4 is 4.74 Å². The van der Waals surface area contributed by atoms with Gasteiger partial charge in [-0.25, -0.2) is 8.78 Å². The topological polar surface area (TPSA) is 9.23 Å². The van der Waals surface area contributed by atoms with E-state index >= 15 is 0 Å². The molecule has 0 bridgehead atoms. The standard InChI is InChI=1S/C9H7BrF2O/c1-13-6-4-8(11)7(2-3-10)9(12)5-6/h2-5H,1H3. The second-order valence-corrected chi connectivity index (χ2v) is 2.83. The smallest absolute Gasteiger partial charge is 0.137 e. The molecular formula is C9H7BrF2O. The van der Waals surface area contributed by atoms with Gasteiger partial charge >= 0.3 is 0 Å². The first-order chi connectivity index (χ1) is 6.19. The average molecular weight is 249 g/mol. The third kappa shape index (κ3) is 2.28. The SMILES string of the molecule is COc1cc(F)c(C=CBr)c(F)c1. The maximum absolute atomic E-state index is 13.1. The number of benzene rings is 1. The lowest BCUT2D eigenvalue weighted by molar-refractivity contribution is 0.406. The van der Waals surface area contributed by atoms with Crippen molar-refractivity contribution in [3.05, 3.63) is 34.3 Å². The quantitative estimate of drug-likeness (QED) is 0.781. The first-order valence-electron chi connectivity index (χ1n) is 3.49. The van der Waals surface area contributed by atoms with Crippen LogP contribution in [0.5, 0.6) is 5.75 Å². The summed E-state index contributed by atoms with van der Waals surface area (Å²) in [4.78, 5) is 1.39. The Labute approximate surface area is 83.1 Å². The van der Waals surface area contributed by atoms with Crippen LogP contribution in [0.4, 0.5) is 8.78 Å². The van der Waals surface area contributed by atoms with Crippen molar-refractivity contribution in [3.63, 3.8) is 0 Å². The lowest BCUT2D eigenvalue weighted by Crippen LogP contribution is -1.91. The lowest BCUT2D eigenvalue weighted by atomic mass is 10.2. The van der Waals surface area contributed by atoms with Crippen molar-refractivity contribution in [1.82, 2.24) is 0 Å². The Balaban J connectivity index is 3.22. The molecule has 1 aromatic rings. The van der Waals surface area contributed by atoms with E-state index in [1.807, 2.05) is 0 Å². The van der Waals surface area contributed by atoms with Crippen LogP contribution in [0, 0.1) is 11.6 Å². The molecule has 1 rings (SSSR count). The van der Waals surface area contributed by atoms with Gasteiger partial charge in [0.15, 0.2) is 0 Å². The van der Waals surface area contributed by atoms with Gasteiger partial charge in [0.25, 0.3) is 0 Å². The molecule has 0 amide bonds. The number of hydrogen-bond acceptors (Lipinski definition) is 1. The fourth-order valence-electron chi connectivity index (χ4n) is 0.901. The Morgan fingerprint density at radius 1 is 1.31 bits per heavy atom. The summed E-state index contributed by atoms with van der Waals surface area (Å²) in [7, 11) is 1.36. The molecule has 0 spiro atoms. The molecule has 0 fully saturated rings. The molecule has 1 nitrogen and oxygen atoms in total. The summed E-state index contributed by atoms with van der Waals surface area (Å²) in [5.41, 5.74) is -0.0855. The summed E-state index contributed by atoms with van der Waals surface area (Å²) >= 11 is 2.94. The first kappa shape index (κ1) is 10.2. The summed E-state index contributed by atoms with van der Waals surface area (Å²) in [6.45, 7) is 0. The van der Waals surface area contributed by atoms with Gasteiger partial charge in [0, 0.05) is 17.7 Å². The van der Waals surface area contributed by atoms with Crippen molar-refractivity contribution >= 4 is 22.0 Å². The highest BCUT2D eigenvalue weighted by molar-refractivity contribution is 9.11. The molecule has 0 saturated carbocycles. The van der Waals surface area contributed by atoms with Crippen LogP contribution in [0.1, 0.15) is 5.56 Å². The molecule has 0 aromatic heterocycles. The highest BCUT2D eigenvalue weighted by Gasteiger charge is 2.08. The lowest BCUT2D eigenvalue weighted by Gasteiger charge is -2.03. The van der Waals surface area contributed by atoms with Crippen molar-refractivity contribution in [2.45, 2.75) is 0 Å². The number of methoxy groups -OCH3 is 1. The maximum atomic E-state index is 13.1. The molecule has 0 aliphatic carbocycles. The van der Waals surface area contributed by atoms with Crippen LogP contribution in [-0.2, 0) is 0 Å². The third-order valence-electron chi connectivity index (χ3n) is 1.52. The minimum absolute atomic E-state index is 0.0855. The average Bonchev–Trinajstić information content (AvgIpc) is 2.11. The Kier molecular flexibility index (Phi) is 3.42. The van der Waals surface area contributed by atoms with Gasteiger partial charge in [-0.05, 0) is 11.1 Å². The number of ether oxygens (including phenoxy) is 1. The van der Waals surface area contributed by atoms with Gasteiger partial charge in [-0.15, -0.1) is 0 Å². The minimum Gasteiger partial charge on any atom is -0.497 e. The fraction of sp³-hybridized carbons (Fsp3) is 0.111. The van der Waals surface area contributed by atoms with Crippen LogP contribution in [0.25, 0.3) is 6.08 Å². The molecule has 0 saturated heterocycles. The zero-order valence-corrected chi connectivity index (χ0v) is 8.44. The summed E-state index contributed by atoms with van der Waals surface area (Å²) in [6.07, 6.45) is 1.30. The van der Waals surface area contributed by atoms with E-state index in [9.17, 15) is 8.78 Å². The predicted molar refractivity (Wildman–Crippen MR) is 50.9 cm³/mol. The van der Waals surface area contributed by atoms with Gasteiger partial charge in [0.05, 0.1) is 7.11 Å². The summed E-state index contributed by atoms with van der Waals surface area (Å²) < 4.78 is 30.9. The third-order valence-corrected chi connectivity index (χ3v) is 1.78. The van der Waals surface area contributed by atoms with Crippen molar-refractivity contribution in [2.24, 2.45) is 0 Å². The molecule has 0 aliphatic rings. The van der Waals surface area contributed by atoms with Crippen molar-refractivity contribution in [2.75, 3.05) is 7.11 Å². The molecule has 0 unspecified atom stereocenters. The summed E-state index contributed by atoms with van der Waals surface area (Å²) in [5, 5.41) is 0. The monoisotopic (exact) mass is 248 g/mol. The number of rotatable bonds is 2.